The molecule has 0 unspecified atom stereocenters. The molecule has 0 aliphatic heterocycles. The summed E-state index contributed by atoms with van der Waals surface area (Å²) in [5, 5.41) is 15.2. The first-order chi connectivity index (χ1) is 9.69. The normalized spacial score (nSPS) is 12.2. The molecule has 0 spiro atoms. The van der Waals surface area contributed by atoms with E-state index in [0.717, 1.165) is 0 Å². The molecule has 0 saturated heterocycles. The maximum absolute atomic E-state index is 11.2. The third-order valence-corrected chi connectivity index (χ3v) is 8.98. The molecule has 138 valence electrons. The highest BCUT2D eigenvalue weighted by Crippen LogP contribution is 2.50. The average molecular weight is 362 g/mol. The summed E-state index contributed by atoms with van der Waals surface area (Å²) in [6, 6.07) is 0. The van der Waals surface area contributed by atoms with Crippen LogP contribution in [-0.4, -0.2) is 55.8 Å². The molecule has 0 aromatic rings. The third-order valence-electron chi connectivity index (χ3n) is 3.06. The highest BCUT2D eigenvalue weighted by molar-refractivity contribution is 7.59. The van der Waals surface area contributed by atoms with Gasteiger partial charge in [-0.05, 0) is 0 Å². The molecular formula is C14H36O6P2. The Balaban J connectivity index is -0.000000266. The van der Waals surface area contributed by atoms with Crippen molar-refractivity contribution in [2.45, 2.75) is 78.0 Å². The Morgan fingerprint density at radius 1 is 0.591 bits per heavy atom. The van der Waals surface area contributed by atoms with Crippen LogP contribution in [0.1, 0.15) is 55.4 Å². The van der Waals surface area contributed by atoms with Gasteiger partial charge in [0.1, 0.15) is 0 Å². The van der Waals surface area contributed by atoms with Gasteiger partial charge < -0.3 is 20.0 Å². The molecular weight excluding hydrogens is 326 g/mol. The maximum atomic E-state index is 11.2. The lowest BCUT2D eigenvalue weighted by molar-refractivity contribution is 0.186. The second-order valence-corrected chi connectivity index (χ2v) is 13.0. The van der Waals surface area contributed by atoms with Crippen molar-refractivity contribution in [3.05, 3.63) is 0 Å². The Morgan fingerprint density at radius 3 is 0.727 bits per heavy atom. The van der Waals surface area contributed by atoms with Gasteiger partial charge in [-0.2, -0.15) is 0 Å². The van der Waals surface area contributed by atoms with E-state index in [9.17, 15) is 18.9 Å². The van der Waals surface area contributed by atoms with Crippen LogP contribution in [0.3, 0.4) is 0 Å². The molecule has 0 aromatic heterocycles. The summed E-state index contributed by atoms with van der Waals surface area (Å²) in [6.45, 7) is 14.0. The van der Waals surface area contributed by atoms with Crippen molar-refractivity contribution < 1.29 is 29.1 Å². The second-order valence-electron chi connectivity index (χ2n) is 6.17. The van der Waals surface area contributed by atoms with E-state index in [0.29, 0.717) is 0 Å². The molecule has 0 aliphatic carbocycles. The minimum absolute atomic E-state index is 0.0995. The summed E-state index contributed by atoms with van der Waals surface area (Å²) in [6.07, 6.45) is 0. The van der Waals surface area contributed by atoms with Gasteiger partial charge in [0.15, 0.2) is 0 Å². The first-order valence-corrected chi connectivity index (χ1v) is 11.1. The summed E-state index contributed by atoms with van der Waals surface area (Å²) in [7, 11) is -5.67. The van der Waals surface area contributed by atoms with Crippen molar-refractivity contribution in [1.82, 2.24) is 0 Å². The molecule has 4 N–H and O–H groups in total. The molecule has 22 heavy (non-hydrogen) atoms. The van der Waals surface area contributed by atoms with Crippen LogP contribution in [0.15, 0.2) is 0 Å². The quantitative estimate of drug-likeness (QED) is 0.559. The standard InChI is InChI=1S/2C6H15O2P.C2H6O2/c2*1-5(2)9(7,8)6(3)4;3-1-2-4/h2*5-6H,1-4H3,(H,7,8);3-4H,1-2H2. The van der Waals surface area contributed by atoms with E-state index >= 15 is 0 Å². The van der Waals surface area contributed by atoms with Crippen LogP contribution in [-0.2, 0) is 9.13 Å². The molecule has 0 saturated carbocycles. The second kappa shape index (κ2) is 12.7. The van der Waals surface area contributed by atoms with Crippen LogP contribution >= 0.6 is 14.7 Å². The van der Waals surface area contributed by atoms with Gasteiger partial charge in [-0.25, -0.2) is 0 Å². The van der Waals surface area contributed by atoms with E-state index in [1.165, 1.54) is 0 Å². The number of aliphatic hydroxyl groups excluding tert-OH is 2. The van der Waals surface area contributed by atoms with Crippen LogP contribution in [0, 0.1) is 0 Å². The lowest BCUT2D eigenvalue weighted by Crippen LogP contribution is -2.06. The fraction of sp³-hybridized carbons (Fsp3) is 1.00. The highest BCUT2D eigenvalue weighted by Gasteiger charge is 2.27. The van der Waals surface area contributed by atoms with Crippen molar-refractivity contribution in [1.29, 1.82) is 0 Å². The zero-order valence-corrected chi connectivity index (χ0v) is 17.0. The zero-order valence-electron chi connectivity index (χ0n) is 15.2. The van der Waals surface area contributed by atoms with Gasteiger partial charge in [0.25, 0.3) is 0 Å². The summed E-state index contributed by atoms with van der Waals surface area (Å²) in [5.41, 5.74) is -0.398. The Morgan fingerprint density at radius 2 is 0.727 bits per heavy atom. The van der Waals surface area contributed by atoms with E-state index < -0.39 is 14.7 Å². The van der Waals surface area contributed by atoms with Crippen molar-refractivity contribution in [2.24, 2.45) is 0 Å². The summed E-state index contributed by atoms with van der Waals surface area (Å²) >= 11 is 0. The molecule has 0 bridgehead atoms. The number of rotatable bonds is 5. The summed E-state index contributed by atoms with van der Waals surface area (Å²) in [5.74, 6) is 0. The van der Waals surface area contributed by atoms with Gasteiger partial charge in [0.2, 0.25) is 14.7 Å². The SMILES string of the molecule is CC(C)P(=O)(O)C(C)C.CC(C)P(=O)(O)C(C)C.OCCO. The topological polar surface area (TPSA) is 115 Å². The predicted octanol–water partition coefficient (Wildman–Crippen LogP) is 3.12. The molecule has 8 heteroatoms. The van der Waals surface area contributed by atoms with Crippen LogP contribution in [0.5, 0.6) is 0 Å². The molecule has 0 atom stereocenters. The smallest absolute Gasteiger partial charge is 0.205 e. The minimum atomic E-state index is -2.84. The van der Waals surface area contributed by atoms with Gasteiger partial charge in [0, 0.05) is 22.6 Å². The summed E-state index contributed by atoms with van der Waals surface area (Å²) in [4.78, 5) is 18.4. The van der Waals surface area contributed by atoms with E-state index in [4.69, 9.17) is 10.2 Å². The largest absolute Gasteiger partial charge is 0.394 e. The number of aliphatic hydroxyl groups is 2. The Labute approximate surface area is 135 Å². The molecule has 0 fully saturated rings. The number of hydrogen-bond acceptors (Lipinski definition) is 4. The molecule has 0 amide bonds. The number of hydrogen-bond donors (Lipinski definition) is 4. The molecule has 0 aromatic carbocycles. The van der Waals surface area contributed by atoms with E-state index in [1.54, 1.807) is 55.4 Å². The molecule has 0 heterocycles. The Kier molecular flexibility index (Phi) is 15.7. The zero-order chi connectivity index (χ0) is 18.7. The fourth-order valence-corrected chi connectivity index (χ4v) is 3.58. The maximum Gasteiger partial charge on any atom is 0.205 e. The van der Waals surface area contributed by atoms with E-state index in [1.807, 2.05) is 0 Å². The molecule has 0 aliphatic rings. The van der Waals surface area contributed by atoms with Crippen LogP contribution < -0.4 is 0 Å². The van der Waals surface area contributed by atoms with Crippen LogP contribution in [0.25, 0.3) is 0 Å². The van der Waals surface area contributed by atoms with Crippen molar-refractivity contribution >= 4 is 14.7 Å². The average Bonchev–Trinajstić information content (AvgIpc) is 2.38. The molecule has 0 radical (unpaired) electrons. The van der Waals surface area contributed by atoms with Gasteiger partial charge >= 0.3 is 0 Å². The van der Waals surface area contributed by atoms with Crippen LogP contribution in [0.4, 0.5) is 0 Å². The van der Waals surface area contributed by atoms with E-state index in [2.05, 4.69) is 0 Å². The molecule has 0 rings (SSSR count). The van der Waals surface area contributed by atoms with Gasteiger partial charge in [-0.15, -0.1) is 0 Å². The lowest BCUT2D eigenvalue weighted by Gasteiger charge is -2.18. The van der Waals surface area contributed by atoms with Crippen molar-refractivity contribution in [2.75, 3.05) is 13.2 Å². The Hall–Kier alpha value is 0.300. The van der Waals surface area contributed by atoms with Gasteiger partial charge in [0.05, 0.1) is 13.2 Å². The fourth-order valence-electron chi connectivity index (χ4n) is 1.19. The van der Waals surface area contributed by atoms with Gasteiger partial charge in [-0.1, -0.05) is 55.4 Å². The first kappa shape index (κ1) is 27.2. The summed E-state index contributed by atoms with van der Waals surface area (Å²) < 4.78 is 22.3. The van der Waals surface area contributed by atoms with E-state index in [-0.39, 0.29) is 35.8 Å². The molecule has 6 nitrogen and oxygen atoms in total. The minimum Gasteiger partial charge on any atom is -0.394 e. The first-order valence-electron chi connectivity index (χ1n) is 7.55. The van der Waals surface area contributed by atoms with Crippen molar-refractivity contribution in [3.63, 3.8) is 0 Å². The van der Waals surface area contributed by atoms with Crippen molar-refractivity contribution in [3.8, 4) is 0 Å². The predicted molar refractivity (Wildman–Crippen MR) is 94.4 cm³/mol. The highest BCUT2D eigenvalue weighted by atomic mass is 31.2. The van der Waals surface area contributed by atoms with Gasteiger partial charge in [-0.3, -0.25) is 9.13 Å². The monoisotopic (exact) mass is 362 g/mol. The Bertz CT molecular complexity index is 295. The lowest BCUT2D eigenvalue weighted by atomic mass is 10.5. The van der Waals surface area contributed by atoms with Crippen LogP contribution in [0.2, 0.25) is 0 Å². The third kappa shape index (κ3) is 11.8.